The Morgan fingerprint density at radius 3 is 2.52 bits per heavy atom. The normalized spacial score (nSPS) is 16.2. The van der Waals surface area contributed by atoms with Gasteiger partial charge < -0.3 is 15.0 Å². The van der Waals surface area contributed by atoms with Crippen LogP contribution in [0.15, 0.2) is 48.5 Å². The first kappa shape index (κ1) is 15.1. The van der Waals surface area contributed by atoms with Gasteiger partial charge in [-0.15, -0.1) is 0 Å². The van der Waals surface area contributed by atoms with Crippen LogP contribution in [0.5, 0.6) is 5.75 Å². The predicted octanol–water partition coefficient (Wildman–Crippen LogP) is 2.42. The summed E-state index contributed by atoms with van der Waals surface area (Å²) in [5.41, 5.74) is 2.67. The van der Waals surface area contributed by atoms with E-state index in [0.29, 0.717) is 6.54 Å². The molecule has 2 aromatic carbocycles. The third-order valence-corrected chi connectivity index (χ3v) is 3.90. The van der Waals surface area contributed by atoms with E-state index < -0.39 is 6.04 Å². The Morgan fingerprint density at radius 2 is 1.87 bits per heavy atom. The lowest BCUT2D eigenvalue weighted by Gasteiger charge is -2.18. The first-order valence-electron chi connectivity index (χ1n) is 7.40. The number of methoxy groups -OCH3 is 1. The third kappa shape index (κ3) is 2.90. The van der Waals surface area contributed by atoms with Crippen molar-refractivity contribution in [2.75, 3.05) is 12.0 Å². The molecule has 1 aliphatic heterocycles. The minimum atomic E-state index is -0.609. The van der Waals surface area contributed by atoms with Crippen LogP contribution in [0.25, 0.3) is 0 Å². The lowest BCUT2D eigenvalue weighted by molar-refractivity contribution is -0.126. The molecule has 5 heteroatoms. The molecule has 1 atom stereocenters. The highest BCUT2D eigenvalue weighted by Gasteiger charge is 2.37. The van der Waals surface area contributed by atoms with E-state index in [2.05, 4.69) is 5.32 Å². The Kier molecular flexibility index (Phi) is 4.02. The number of benzene rings is 2. The zero-order valence-corrected chi connectivity index (χ0v) is 13.1. The first-order valence-corrected chi connectivity index (χ1v) is 7.40. The topological polar surface area (TPSA) is 58.6 Å². The van der Waals surface area contributed by atoms with E-state index in [1.165, 1.54) is 6.92 Å². The van der Waals surface area contributed by atoms with E-state index in [-0.39, 0.29) is 11.8 Å². The van der Waals surface area contributed by atoms with Gasteiger partial charge in [0, 0.05) is 18.2 Å². The molecule has 0 fully saturated rings. The number of fused-ring (bicyclic) bond motifs is 1. The number of para-hydroxylation sites is 1. The number of ether oxygens (including phenoxy) is 1. The number of carbonyl (C=O) groups excluding carboxylic acids is 2. The Labute approximate surface area is 134 Å². The highest BCUT2D eigenvalue weighted by atomic mass is 16.5. The fourth-order valence-corrected chi connectivity index (χ4v) is 2.80. The molecule has 0 bridgehead atoms. The number of rotatable bonds is 4. The molecule has 23 heavy (non-hydrogen) atoms. The minimum absolute atomic E-state index is 0.114. The molecule has 0 aromatic heterocycles. The molecule has 0 saturated carbocycles. The maximum atomic E-state index is 12.7. The summed E-state index contributed by atoms with van der Waals surface area (Å²) in [6, 6.07) is 14.5. The summed E-state index contributed by atoms with van der Waals surface area (Å²) in [5, 5.41) is 2.73. The third-order valence-electron chi connectivity index (χ3n) is 3.90. The van der Waals surface area contributed by atoms with Crippen molar-refractivity contribution in [2.24, 2.45) is 0 Å². The summed E-state index contributed by atoms with van der Waals surface area (Å²) >= 11 is 0. The molecule has 0 radical (unpaired) electrons. The van der Waals surface area contributed by atoms with Crippen molar-refractivity contribution < 1.29 is 14.3 Å². The summed E-state index contributed by atoms with van der Waals surface area (Å²) in [5.74, 6) is 0.444. The van der Waals surface area contributed by atoms with Crippen LogP contribution >= 0.6 is 0 Å². The smallest absolute Gasteiger partial charge is 0.254 e. The van der Waals surface area contributed by atoms with Crippen molar-refractivity contribution in [2.45, 2.75) is 19.5 Å². The zero-order valence-electron chi connectivity index (χ0n) is 13.1. The Morgan fingerprint density at radius 1 is 1.17 bits per heavy atom. The number of carbonyl (C=O) groups is 2. The van der Waals surface area contributed by atoms with E-state index in [9.17, 15) is 9.59 Å². The van der Waals surface area contributed by atoms with E-state index in [0.717, 1.165) is 22.6 Å². The van der Waals surface area contributed by atoms with Gasteiger partial charge in [0.05, 0.1) is 13.7 Å². The number of hydrogen-bond acceptors (Lipinski definition) is 3. The van der Waals surface area contributed by atoms with Gasteiger partial charge >= 0.3 is 0 Å². The fraction of sp³-hybridized carbons (Fsp3) is 0.222. The van der Waals surface area contributed by atoms with Crippen molar-refractivity contribution in [1.29, 1.82) is 0 Å². The van der Waals surface area contributed by atoms with Crippen LogP contribution in [0.1, 0.15) is 24.1 Å². The van der Waals surface area contributed by atoms with Gasteiger partial charge in [0.15, 0.2) is 0 Å². The monoisotopic (exact) mass is 310 g/mol. The molecular weight excluding hydrogens is 292 g/mol. The Hall–Kier alpha value is -2.82. The highest BCUT2D eigenvalue weighted by molar-refractivity contribution is 6.06. The van der Waals surface area contributed by atoms with Crippen LogP contribution in [0.4, 0.5) is 5.69 Å². The molecule has 2 aromatic rings. The van der Waals surface area contributed by atoms with Crippen molar-refractivity contribution in [3.05, 3.63) is 59.7 Å². The lowest BCUT2D eigenvalue weighted by Crippen LogP contribution is -2.36. The van der Waals surface area contributed by atoms with Gasteiger partial charge in [0.2, 0.25) is 5.91 Å². The van der Waals surface area contributed by atoms with E-state index in [4.69, 9.17) is 4.74 Å². The van der Waals surface area contributed by atoms with Crippen LogP contribution < -0.4 is 15.0 Å². The van der Waals surface area contributed by atoms with Gasteiger partial charge in [0.25, 0.3) is 5.91 Å². The zero-order chi connectivity index (χ0) is 16.4. The van der Waals surface area contributed by atoms with Crippen molar-refractivity contribution in [1.82, 2.24) is 5.32 Å². The molecule has 1 N–H and O–H groups in total. The van der Waals surface area contributed by atoms with E-state index in [1.54, 1.807) is 12.0 Å². The second-order valence-electron chi connectivity index (χ2n) is 5.46. The van der Waals surface area contributed by atoms with Crippen LogP contribution in [-0.4, -0.2) is 18.9 Å². The van der Waals surface area contributed by atoms with Crippen molar-refractivity contribution in [3.63, 3.8) is 0 Å². The van der Waals surface area contributed by atoms with Gasteiger partial charge in [-0.1, -0.05) is 30.3 Å². The second kappa shape index (κ2) is 6.12. The summed E-state index contributed by atoms with van der Waals surface area (Å²) in [6.45, 7) is 1.87. The van der Waals surface area contributed by atoms with E-state index >= 15 is 0 Å². The standard InChI is InChI=1S/C18H18N2O3/c1-12(21)19-17-15-5-3-4-6-16(15)20(18(17)22)11-13-7-9-14(23-2)10-8-13/h3-10,17H,11H2,1-2H3,(H,19,21)/t17-/m0/s1. The minimum Gasteiger partial charge on any atom is -0.497 e. The van der Waals surface area contributed by atoms with Crippen LogP contribution in [-0.2, 0) is 16.1 Å². The summed E-state index contributed by atoms with van der Waals surface area (Å²) in [6.07, 6.45) is 0. The average molecular weight is 310 g/mol. The number of amides is 2. The first-order chi connectivity index (χ1) is 11.1. The van der Waals surface area contributed by atoms with Gasteiger partial charge in [-0.25, -0.2) is 0 Å². The molecule has 118 valence electrons. The molecule has 3 rings (SSSR count). The molecule has 0 spiro atoms. The summed E-state index contributed by atoms with van der Waals surface area (Å²) in [7, 11) is 1.62. The summed E-state index contributed by atoms with van der Waals surface area (Å²) < 4.78 is 5.15. The molecule has 0 saturated heterocycles. The number of nitrogens with zero attached hydrogens (tertiary/aromatic N) is 1. The molecule has 1 aliphatic rings. The molecule has 1 heterocycles. The SMILES string of the molecule is COc1ccc(CN2C(=O)[C@@H](NC(C)=O)c3ccccc32)cc1. The second-order valence-corrected chi connectivity index (χ2v) is 5.46. The maximum Gasteiger partial charge on any atom is 0.254 e. The molecule has 0 aliphatic carbocycles. The Balaban J connectivity index is 1.89. The van der Waals surface area contributed by atoms with Crippen LogP contribution in [0.2, 0.25) is 0 Å². The number of nitrogens with one attached hydrogen (secondary N) is 1. The predicted molar refractivity (Wildman–Crippen MR) is 87.2 cm³/mol. The molecule has 5 nitrogen and oxygen atoms in total. The van der Waals surface area contributed by atoms with Gasteiger partial charge in [-0.3, -0.25) is 9.59 Å². The van der Waals surface area contributed by atoms with Crippen LogP contribution in [0.3, 0.4) is 0 Å². The van der Waals surface area contributed by atoms with Crippen molar-refractivity contribution in [3.8, 4) is 5.75 Å². The number of hydrogen-bond donors (Lipinski definition) is 1. The maximum absolute atomic E-state index is 12.7. The number of anilines is 1. The molecular formula is C18H18N2O3. The van der Waals surface area contributed by atoms with E-state index in [1.807, 2.05) is 48.5 Å². The average Bonchev–Trinajstić information content (AvgIpc) is 2.81. The molecule has 2 amide bonds. The Bertz CT molecular complexity index is 740. The largest absolute Gasteiger partial charge is 0.497 e. The highest BCUT2D eigenvalue weighted by Crippen LogP contribution is 2.36. The van der Waals surface area contributed by atoms with Crippen molar-refractivity contribution >= 4 is 17.5 Å². The summed E-state index contributed by atoms with van der Waals surface area (Å²) in [4.78, 5) is 25.8. The quantitative estimate of drug-likeness (QED) is 0.943. The lowest BCUT2D eigenvalue weighted by atomic mass is 10.1. The van der Waals surface area contributed by atoms with Crippen LogP contribution in [0, 0.1) is 0 Å². The van der Waals surface area contributed by atoms with Gasteiger partial charge in [-0.05, 0) is 23.8 Å². The molecule has 0 unspecified atom stereocenters. The van der Waals surface area contributed by atoms with Gasteiger partial charge in [0.1, 0.15) is 11.8 Å². The van der Waals surface area contributed by atoms with Gasteiger partial charge in [-0.2, -0.15) is 0 Å². The fourth-order valence-electron chi connectivity index (χ4n) is 2.80.